The van der Waals surface area contributed by atoms with Gasteiger partial charge in [-0.2, -0.15) is 0 Å². The quantitative estimate of drug-likeness (QED) is 0.857. The van der Waals surface area contributed by atoms with Crippen molar-refractivity contribution >= 4 is 5.97 Å². The van der Waals surface area contributed by atoms with Crippen molar-refractivity contribution < 1.29 is 19.7 Å². The van der Waals surface area contributed by atoms with Crippen LogP contribution < -0.4 is 4.74 Å². The van der Waals surface area contributed by atoms with Gasteiger partial charge >= 0.3 is 5.97 Å². The van der Waals surface area contributed by atoms with Crippen LogP contribution in [0.25, 0.3) is 0 Å². The fraction of sp³-hybridized carbons (Fsp3) is 0.500. The van der Waals surface area contributed by atoms with Gasteiger partial charge in [0.15, 0.2) is 0 Å². The third kappa shape index (κ3) is 1.97. The molecule has 0 aromatic heterocycles. The summed E-state index contributed by atoms with van der Waals surface area (Å²) in [6, 6.07) is 7.45. The second kappa shape index (κ2) is 4.61. The van der Waals surface area contributed by atoms with E-state index in [1.165, 1.54) is 0 Å². The maximum absolute atomic E-state index is 11.6. The lowest BCUT2D eigenvalue weighted by Gasteiger charge is -2.40. The van der Waals surface area contributed by atoms with Gasteiger partial charge in [-0.05, 0) is 25.0 Å². The first kappa shape index (κ1) is 12.9. The molecule has 4 heteroatoms. The summed E-state index contributed by atoms with van der Waals surface area (Å²) in [5.41, 5.74) is -0.165. The number of fused-ring (bicyclic) bond motifs is 1. The van der Waals surface area contributed by atoms with E-state index in [1.54, 1.807) is 13.8 Å². The highest BCUT2D eigenvalue weighted by Gasteiger charge is 2.49. The van der Waals surface area contributed by atoms with Gasteiger partial charge in [0, 0.05) is 5.92 Å². The van der Waals surface area contributed by atoms with Crippen LogP contribution in [0.3, 0.4) is 0 Å². The largest absolute Gasteiger partial charge is 0.492 e. The molecule has 3 unspecified atom stereocenters. The first-order valence-corrected chi connectivity index (χ1v) is 6.09. The summed E-state index contributed by atoms with van der Waals surface area (Å²) in [4.78, 5) is 11.6. The smallest absolute Gasteiger partial charge is 0.313 e. The summed E-state index contributed by atoms with van der Waals surface area (Å²) in [7, 11) is 0. The average molecular weight is 250 g/mol. The number of aliphatic hydroxyl groups is 1. The second-order valence-electron chi connectivity index (χ2n) is 5.06. The minimum atomic E-state index is -1.05. The fourth-order valence-electron chi connectivity index (χ4n) is 2.47. The van der Waals surface area contributed by atoms with Crippen molar-refractivity contribution in [3.63, 3.8) is 0 Å². The molecular formula is C14H18O4. The minimum absolute atomic E-state index is 0.103. The molecule has 18 heavy (non-hydrogen) atoms. The molecule has 2 rings (SSSR count). The number of hydrogen-bond acceptors (Lipinski definition) is 3. The van der Waals surface area contributed by atoms with Crippen LogP contribution in [-0.4, -0.2) is 28.9 Å². The number of carboxylic acids is 1. The lowest BCUT2D eigenvalue weighted by atomic mass is 9.69. The Hall–Kier alpha value is -1.55. The minimum Gasteiger partial charge on any atom is -0.492 e. The summed E-state index contributed by atoms with van der Waals surface area (Å²) in [6.07, 6.45) is -0.292. The van der Waals surface area contributed by atoms with Crippen LogP contribution in [0.5, 0.6) is 5.75 Å². The first-order valence-electron chi connectivity index (χ1n) is 6.09. The molecule has 1 heterocycles. The van der Waals surface area contributed by atoms with Gasteiger partial charge in [-0.3, -0.25) is 4.79 Å². The molecule has 0 fully saturated rings. The molecule has 1 aromatic rings. The topological polar surface area (TPSA) is 66.8 Å². The van der Waals surface area contributed by atoms with E-state index in [-0.39, 0.29) is 12.5 Å². The summed E-state index contributed by atoms with van der Waals surface area (Å²) in [5, 5.41) is 19.3. The molecule has 0 spiro atoms. The van der Waals surface area contributed by atoms with Crippen molar-refractivity contribution in [2.24, 2.45) is 11.3 Å². The Morgan fingerprint density at radius 1 is 1.39 bits per heavy atom. The molecule has 0 aliphatic carbocycles. The number of aliphatic carboxylic acids is 1. The Kier molecular flexibility index (Phi) is 3.30. The number of carboxylic acid groups (broad SMARTS) is 1. The van der Waals surface area contributed by atoms with Crippen LogP contribution >= 0.6 is 0 Å². The van der Waals surface area contributed by atoms with E-state index in [4.69, 9.17) is 4.74 Å². The van der Waals surface area contributed by atoms with Crippen molar-refractivity contribution in [2.45, 2.75) is 26.4 Å². The zero-order valence-electron chi connectivity index (χ0n) is 10.6. The maximum Gasteiger partial charge on any atom is 0.313 e. The van der Waals surface area contributed by atoms with Crippen molar-refractivity contribution in [2.75, 3.05) is 6.61 Å². The van der Waals surface area contributed by atoms with E-state index in [9.17, 15) is 15.0 Å². The fourth-order valence-corrected chi connectivity index (χ4v) is 2.47. The second-order valence-corrected chi connectivity index (χ2v) is 5.06. The standard InChI is InChI=1S/C14H18O4/c1-9(10(2)15)14(13(16)17)7-11-5-3-4-6-12(11)18-8-14/h3-6,9-10,15H,7-8H2,1-2H3,(H,16,17). The lowest BCUT2D eigenvalue weighted by Crippen LogP contribution is -2.50. The highest BCUT2D eigenvalue weighted by Crippen LogP contribution is 2.41. The number of aliphatic hydroxyl groups excluding tert-OH is 1. The third-order valence-corrected chi connectivity index (χ3v) is 3.98. The Labute approximate surface area is 106 Å². The molecule has 1 aliphatic rings. The van der Waals surface area contributed by atoms with Crippen molar-refractivity contribution in [1.82, 2.24) is 0 Å². The van der Waals surface area contributed by atoms with Crippen LogP contribution in [0.2, 0.25) is 0 Å². The van der Waals surface area contributed by atoms with Gasteiger partial charge in [-0.1, -0.05) is 25.1 Å². The number of carbonyl (C=O) groups is 1. The number of benzene rings is 1. The van der Waals surface area contributed by atoms with Crippen LogP contribution in [0.15, 0.2) is 24.3 Å². The normalized spacial score (nSPS) is 25.7. The molecule has 3 atom stereocenters. The van der Waals surface area contributed by atoms with Gasteiger partial charge in [0.2, 0.25) is 0 Å². The van der Waals surface area contributed by atoms with E-state index in [1.807, 2.05) is 24.3 Å². The first-order chi connectivity index (χ1) is 8.47. The number of ether oxygens (including phenoxy) is 1. The summed E-state index contributed by atoms with van der Waals surface area (Å²) >= 11 is 0. The summed E-state index contributed by atoms with van der Waals surface area (Å²) in [6.45, 7) is 3.48. The van der Waals surface area contributed by atoms with Gasteiger partial charge in [0.05, 0.1) is 6.10 Å². The zero-order valence-corrected chi connectivity index (χ0v) is 10.6. The van der Waals surface area contributed by atoms with Gasteiger partial charge in [0.25, 0.3) is 0 Å². The third-order valence-electron chi connectivity index (χ3n) is 3.98. The molecule has 1 aromatic carbocycles. The van der Waals surface area contributed by atoms with Crippen molar-refractivity contribution in [1.29, 1.82) is 0 Å². The Morgan fingerprint density at radius 3 is 2.67 bits per heavy atom. The Morgan fingerprint density at radius 2 is 2.06 bits per heavy atom. The monoisotopic (exact) mass is 250 g/mol. The van der Waals surface area contributed by atoms with Crippen molar-refractivity contribution in [3.05, 3.63) is 29.8 Å². The van der Waals surface area contributed by atoms with E-state index in [2.05, 4.69) is 0 Å². The SMILES string of the molecule is CC(O)C(C)C1(C(=O)O)COc2ccccc2C1. The molecule has 1 aliphatic heterocycles. The predicted molar refractivity (Wildman–Crippen MR) is 66.6 cm³/mol. The molecule has 4 nitrogen and oxygen atoms in total. The maximum atomic E-state index is 11.6. The van der Waals surface area contributed by atoms with Gasteiger partial charge < -0.3 is 14.9 Å². The van der Waals surface area contributed by atoms with Gasteiger partial charge in [-0.25, -0.2) is 0 Å². The lowest BCUT2D eigenvalue weighted by molar-refractivity contribution is -0.159. The Bertz CT molecular complexity index is 455. The van der Waals surface area contributed by atoms with Crippen LogP contribution in [-0.2, 0) is 11.2 Å². The Balaban J connectivity index is 2.39. The predicted octanol–water partition coefficient (Wildman–Crippen LogP) is 1.71. The molecular weight excluding hydrogens is 232 g/mol. The molecule has 2 N–H and O–H groups in total. The van der Waals surface area contributed by atoms with Crippen molar-refractivity contribution in [3.8, 4) is 5.75 Å². The van der Waals surface area contributed by atoms with Crippen LogP contribution in [0.1, 0.15) is 19.4 Å². The molecule has 98 valence electrons. The highest BCUT2D eigenvalue weighted by molar-refractivity contribution is 5.76. The van der Waals surface area contributed by atoms with E-state index in [0.29, 0.717) is 6.42 Å². The molecule has 0 saturated carbocycles. The molecule has 0 amide bonds. The van der Waals surface area contributed by atoms with E-state index in [0.717, 1.165) is 11.3 Å². The van der Waals surface area contributed by atoms with Gasteiger partial charge in [0.1, 0.15) is 17.8 Å². The van der Waals surface area contributed by atoms with Crippen LogP contribution in [0.4, 0.5) is 0 Å². The summed E-state index contributed by atoms with van der Waals surface area (Å²) in [5.74, 6) is -0.541. The van der Waals surface area contributed by atoms with E-state index < -0.39 is 17.5 Å². The molecule has 0 bridgehead atoms. The molecule has 0 radical (unpaired) electrons. The molecule has 0 saturated heterocycles. The van der Waals surface area contributed by atoms with Crippen LogP contribution in [0, 0.1) is 11.3 Å². The zero-order chi connectivity index (χ0) is 13.3. The van der Waals surface area contributed by atoms with Gasteiger partial charge in [-0.15, -0.1) is 0 Å². The van der Waals surface area contributed by atoms with E-state index >= 15 is 0 Å². The highest BCUT2D eigenvalue weighted by atomic mass is 16.5. The number of para-hydroxylation sites is 1. The number of hydrogen-bond donors (Lipinski definition) is 2. The summed E-state index contributed by atoms with van der Waals surface area (Å²) < 4.78 is 5.58. The number of rotatable bonds is 3. The average Bonchev–Trinajstić information content (AvgIpc) is 2.36.